The number of nitrogens with zero attached hydrogens (tertiary/aromatic N) is 5. The van der Waals surface area contributed by atoms with Crippen molar-refractivity contribution in [1.29, 1.82) is 0 Å². The monoisotopic (exact) mass is 685 g/mol. The number of aryl methyl sites for hydroxylation is 1. The highest BCUT2D eigenvalue weighted by atomic mass is 79.9. The highest BCUT2D eigenvalue weighted by Crippen LogP contribution is 2.45. The molecule has 5 atom stereocenters. The van der Waals surface area contributed by atoms with Gasteiger partial charge in [0.2, 0.25) is 17.6 Å². The van der Waals surface area contributed by atoms with Gasteiger partial charge in [-0.05, 0) is 82.4 Å². The van der Waals surface area contributed by atoms with Crippen LogP contribution in [0.1, 0.15) is 77.3 Å². The third-order valence-electron chi connectivity index (χ3n) is 8.50. The number of carboxylic acid groups (broad SMARTS) is 1. The Labute approximate surface area is 270 Å². The summed E-state index contributed by atoms with van der Waals surface area (Å²) in [5.74, 6) is -2.07. The van der Waals surface area contributed by atoms with Crippen LogP contribution in [0.15, 0.2) is 34.8 Å². The van der Waals surface area contributed by atoms with Crippen LogP contribution in [0, 0.1) is 12.8 Å². The van der Waals surface area contributed by atoms with Crippen molar-refractivity contribution in [1.82, 2.24) is 35.7 Å². The number of aliphatic carboxylic acids is 1. The number of fused-ring (bicyclic) bond motifs is 2. The number of rotatable bonds is 4. The molecule has 1 aromatic heterocycles. The summed E-state index contributed by atoms with van der Waals surface area (Å²) in [6.45, 7) is 7.24. The molecule has 3 heterocycles. The molecule has 1 aliphatic carbocycles. The van der Waals surface area contributed by atoms with Crippen LogP contribution < -0.4 is 10.6 Å². The Morgan fingerprint density at radius 3 is 2.69 bits per heavy atom. The summed E-state index contributed by atoms with van der Waals surface area (Å²) in [5, 5.41) is 28.6. The van der Waals surface area contributed by atoms with Gasteiger partial charge in [-0.1, -0.05) is 40.9 Å². The summed E-state index contributed by atoms with van der Waals surface area (Å²) >= 11 is 3.50. The summed E-state index contributed by atoms with van der Waals surface area (Å²) in [7, 11) is 0. The number of tetrazole rings is 1. The Morgan fingerprint density at radius 2 is 1.98 bits per heavy atom. The van der Waals surface area contributed by atoms with Crippen LogP contribution in [0.3, 0.4) is 0 Å². The Hall–Kier alpha value is -3.81. The first-order valence-electron chi connectivity index (χ1n) is 15.4. The first-order chi connectivity index (χ1) is 21.3. The number of hydrogen-bond donors (Lipinski definition) is 3. The van der Waals surface area contributed by atoms with Crippen LogP contribution >= 0.6 is 15.9 Å². The third-order valence-corrected chi connectivity index (χ3v) is 9.39. The molecular weight excluding hydrogens is 646 g/mol. The minimum atomic E-state index is -1.42. The molecule has 1 unspecified atom stereocenters. The average molecular weight is 687 g/mol. The summed E-state index contributed by atoms with van der Waals surface area (Å²) in [5.41, 5.74) is -0.424. The summed E-state index contributed by atoms with van der Waals surface area (Å²) in [4.78, 5) is 56.0. The van der Waals surface area contributed by atoms with Crippen LogP contribution in [0.4, 0.5) is 4.79 Å². The molecule has 1 saturated heterocycles. The fraction of sp³-hybridized carbons (Fsp3) is 0.581. The van der Waals surface area contributed by atoms with Gasteiger partial charge in [-0.15, -0.1) is 10.2 Å². The van der Waals surface area contributed by atoms with Gasteiger partial charge in [0, 0.05) is 28.9 Å². The maximum absolute atomic E-state index is 14.2. The van der Waals surface area contributed by atoms with Crippen LogP contribution in [0.25, 0.3) is 11.4 Å². The predicted octanol–water partition coefficient (Wildman–Crippen LogP) is 3.93. The number of benzene rings is 1. The van der Waals surface area contributed by atoms with Crippen LogP contribution in [0.5, 0.6) is 0 Å². The van der Waals surface area contributed by atoms with Crippen molar-refractivity contribution in [3.05, 3.63) is 40.4 Å². The maximum Gasteiger partial charge on any atom is 0.408 e. The fourth-order valence-corrected chi connectivity index (χ4v) is 6.22. The number of hydrogen-bond acceptors (Lipinski definition) is 8. The minimum Gasteiger partial charge on any atom is -0.479 e. The first-order valence-corrected chi connectivity index (χ1v) is 16.1. The van der Waals surface area contributed by atoms with Gasteiger partial charge < -0.3 is 25.4 Å². The largest absolute Gasteiger partial charge is 0.479 e. The minimum absolute atomic E-state index is 0.0714. The highest BCUT2D eigenvalue weighted by molar-refractivity contribution is 9.10. The van der Waals surface area contributed by atoms with Gasteiger partial charge in [0.15, 0.2) is 0 Å². The van der Waals surface area contributed by atoms with Gasteiger partial charge in [-0.25, -0.2) is 9.59 Å². The Bertz CT molecular complexity index is 1500. The highest BCUT2D eigenvalue weighted by Gasteiger charge is 2.61. The fourth-order valence-electron chi connectivity index (χ4n) is 5.97. The topological polar surface area (TPSA) is 169 Å². The number of alkyl carbamates (subject to hydrolysis) is 1. The normalized spacial score (nSPS) is 28.2. The summed E-state index contributed by atoms with van der Waals surface area (Å²) < 4.78 is 6.40. The third kappa shape index (κ3) is 7.37. The van der Waals surface area contributed by atoms with E-state index < -0.39 is 53.1 Å². The van der Waals surface area contributed by atoms with E-state index in [9.17, 15) is 24.3 Å². The van der Waals surface area contributed by atoms with E-state index in [2.05, 4.69) is 42.0 Å². The number of aromatic nitrogens is 4. The molecule has 45 heavy (non-hydrogen) atoms. The molecule has 5 rings (SSSR count). The van der Waals surface area contributed by atoms with Crippen LogP contribution in [-0.2, 0) is 19.1 Å². The first kappa shape index (κ1) is 32.6. The van der Waals surface area contributed by atoms with Gasteiger partial charge in [0.25, 0.3) is 0 Å². The number of allylic oxidation sites excluding steroid dienone is 1. The summed E-state index contributed by atoms with van der Waals surface area (Å²) in [6, 6.07) is 3.23. The van der Waals surface area contributed by atoms with E-state index in [1.54, 1.807) is 20.8 Å². The smallest absolute Gasteiger partial charge is 0.408 e. The van der Waals surface area contributed by atoms with Crippen LogP contribution in [-0.4, -0.2) is 83.9 Å². The van der Waals surface area contributed by atoms with Gasteiger partial charge in [0.05, 0.1) is 6.04 Å². The van der Waals surface area contributed by atoms with E-state index >= 15 is 0 Å². The zero-order valence-corrected chi connectivity index (χ0v) is 27.5. The number of carbonyl (C=O) groups is 4. The van der Waals surface area contributed by atoms with Gasteiger partial charge in [-0.3, -0.25) is 9.59 Å². The molecular formula is C31H40BrN7O6. The molecule has 3 amide bonds. The SMILES string of the molecule is Cc1cc(-c2nnn(C3C[C@H]4C(=O)N[C@@]5(C(=O)O)C[C@H]5/C=C\CCCCC[C@@H](NC(=O)OC(C)(C)C)C(=O)N4C3)n2)ccc1Br. The summed E-state index contributed by atoms with van der Waals surface area (Å²) in [6.07, 6.45) is 6.94. The Balaban J connectivity index is 1.45. The Kier molecular flexibility index (Phi) is 9.33. The van der Waals surface area contributed by atoms with E-state index in [1.807, 2.05) is 37.3 Å². The zero-order chi connectivity index (χ0) is 32.5. The average Bonchev–Trinajstić information content (AvgIpc) is 3.28. The van der Waals surface area contributed by atoms with Crippen molar-refractivity contribution < 1.29 is 29.0 Å². The standard InChI is InChI=1S/C31H40BrN7O6/c1-18-14-19(12-13-22(18)32)25-35-37-39(36-25)21-15-24-26(40)34-31(28(42)43)16-20(31)10-8-6-5-7-9-11-23(27(41)38(24)17-21)33-29(44)45-30(2,3)4/h8,10,12-14,20-21,23-24H,5-7,9,11,15-17H2,1-4H3,(H,33,44)(H,34,40)(H,42,43)/b10-8-/t20-,21?,23-,24+,31+/m1/s1. The van der Waals surface area contributed by atoms with Crippen LogP contribution in [0.2, 0.25) is 0 Å². The second kappa shape index (κ2) is 12.9. The molecule has 0 spiro atoms. The second-order valence-electron chi connectivity index (χ2n) is 13.1. The second-order valence-corrected chi connectivity index (χ2v) is 14.0. The number of carbonyl (C=O) groups excluding carboxylic acids is 3. The lowest BCUT2D eigenvalue weighted by Gasteiger charge is -2.30. The lowest BCUT2D eigenvalue weighted by molar-refractivity contribution is -0.145. The Morgan fingerprint density at radius 1 is 1.20 bits per heavy atom. The van der Waals surface area contributed by atoms with Gasteiger partial charge >= 0.3 is 12.1 Å². The van der Waals surface area contributed by atoms with E-state index in [0.717, 1.165) is 34.9 Å². The molecule has 2 aliphatic heterocycles. The molecule has 13 nitrogen and oxygen atoms in total. The van der Waals surface area contributed by atoms with Crippen molar-refractivity contribution in [2.45, 2.75) is 102 Å². The molecule has 0 bridgehead atoms. The zero-order valence-electron chi connectivity index (χ0n) is 26.0. The molecule has 1 saturated carbocycles. The lowest BCUT2D eigenvalue weighted by Crippen LogP contribution is -2.56. The number of nitrogens with one attached hydrogen (secondary N) is 2. The maximum atomic E-state index is 14.2. The number of ether oxygens (including phenoxy) is 1. The molecule has 2 fully saturated rings. The lowest BCUT2D eigenvalue weighted by atomic mass is 10.0. The quantitative estimate of drug-likeness (QED) is 0.404. The molecule has 0 radical (unpaired) electrons. The molecule has 2 aromatic rings. The van der Waals surface area contributed by atoms with E-state index in [4.69, 9.17) is 4.74 Å². The van der Waals surface area contributed by atoms with Crippen molar-refractivity contribution in [2.75, 3.05) is 6.54 Å². The van der Waals surface area contributed by atoms with Gasteiger partial charge in [0.1, 0.15) is 23.2 Å². The molecule has 14 heteroatoms. The van der Waals surface area contributed by atoms with Crippen molar-refractivity contribution in [3.63, 3.8) is 0 Å². The molecule has 3 aliphatic rings. The molecule has 3 N–H and O–H groups in total. The van der Waals surface area contributed by atoms with Crippen molar-refractivity contribution in [2.24, 2.45) is 5.92 Å². The van der Waals surface area contributed by atoms with E-state index in [1.165, 1.54) is 9.70 Å². The molecule has 242 valence electrons. The van der Waals surface area contributed by atoms with Crippen molar-refractivity contribution >= 4 is 39.8 Å². The molecule has 1 aromatic carbocycles. The van der Waals surface area contributed by atoms with E-state index in [-0.39, 0.29) is 25.3 Å². The van der Waals surface area contributed by atoms with Crippen molar-refractivity contribution in [3.8, 4) is 11.4 Å². The van der Waals surface area contributed by atoms with E-state index in [0.29, 0.717) is 18.7 Å². The predicted molar refractivity (Wildman–Crippen MR) is 167 cm³/mol. The number of halogens is 1. The number of amides is 3. The number of carboxylic acids is 1. The van der Waals surface area contributed by atoms with Gasteiger partial charge in [-0.2, -0.15) is 4.80 Å².